The topological polar surface area (TPSA) is 9.23 Å². The number of hydrogen-bond acceptors (Lipinski definition) is 3. The molecule has 78 valence electrons. The third-order valence-corrected chi connectivity index (χ3v) is 2.98. The third kappa shape index (κ3) is 4.88. The summed E-state index contributed by atoms with van der Waals surface area (Å²) in [5.74, 6) is 1.62. The van der Waals surface area contributed by atoms with Crippen LogP contribution in [0, 0.1) is 5.82 Å². The standard InChI is InChI=1S/C10H13FOS2/c1-13-12-5-6-14-8-9-3-2-4-10(11)7-9/h2-4,7H,5-6,8H2,1H3. The summed E-state index contributed by atoms with van der Waals surface area (Å²) in [7, 11) is 0. The van der Waals surface area contributed by atoms with Crippen LogP contribution >= 0.6 is 23.8 Å². The predicted octanol–water partition coefficient (Wildman–Crippen LogP) is 3.35. The van der Waals surface area contributed by atoms with Gasteiger partial charge in [0.15, 0.2) is 0 Å². The lowest BCUT2D eigenvalue weighted by atomic mass is 10.2. The summed E-state index contributed by atoms with van der Waals surface area (Å²) in [5, 5.41) is 0. The maximum atomic E-state index is 12.8. The van der Waals surface area contributed by atoms with Crippen LogP contribution in [-0.4, -0.2) is 18.6 Å². The second kappa shape index (κ2) is 7.15. The number of halogens is 1. The molecule has 0 saturated carbocycles. The van der Waals surface area contributed by atoms with Gasteiger partial charge in [-0.3, -0.25) is 0 Å². The molecule has 1 aromatic rings. The van der Waals surface area contributed by atoms with Gasteiger partial charge in [-0.05, 0) is 29.7 Å². The summed E-state index contributed by atoms with van der Waals surface area (Å²) in [6, 6.07) is 6.71. The fraction of sp³-hybridized carbons (Fsp3) is 0.400. The number of rotatable bonds is 6. The van der Waals surface area contributed by atoms with Crippen LogP contribution < -0.4 is 0 Å². The van der Waals surface area contributed by atoms with E-state index in [-0.39, 0.29) is 5.82 Å². The fourth-order valence-electron chi connectivity index (χ4n) is 0.993. The second-order valence-corrected chi connectivity index (χ2v) is 4.35. The molecule has 0 saturated heterocycles. The minimum atomic E-state index is -0.163. The molecular formula is C10H13FOS2. The Morgan fingerprint density at radius 2 is 2.29 bits per heavy atom. The van der Waals surface area contributed by atoms with E-state index in [0.717, 1.165) is 23.7 Å². The highest BCUT2D eigenvalue weighted by atomic mass is 32.2. The van der Waals surface area contributed by atoms with Crippen LogP contribution in [0.4, 0.5) is 4.39 Å². The molecule has 1 rings (SSSR count). The average molecular weight is 232 g/mol. The van der Waals surface area contributed by atoms with Gasteiger partial charge in [0.25, 0.3) is 0 Å². The molecule has 0 aliphatic rings. The van der Waals surface area contributed by atoms with Gasteiger partial charge < -0.3 is 4.18 Å². The van der Waals surface area contributed by atoms with Crippen LogP contribution in [0.25, 0.3) is 0 Å². The van der Waals surface area contributed by atoms with Gasteiger partial charge in [0, 0.05) is 17.8 Å². The van der Waals surface area contributed by atoms with Crippen molar-refractivity contribution >= 4 is 23.8 Å². The first-order chi connectivity index (χ1) is 6.83. The Kier molecular flexibility index (Phi) is 6.07. The molecule has 1 aromatic carbocycles. The summed E-state index contributed by atoms with van der Waals surface area (Å²) in [5.41, 5.74) is 1.03. The Morgan fingerprint density at radius 3 is 3.00 bits per heavy atom. The predicted molar refractivity (Wildman–Crippen MR) is 62.0 cm³/mol. The lowest BCUT2D eigenvalue weighted by Gasteiger charge is -2.01. The molecule has 14 heavy (non-hydrogen) atoms. The van der Waals surface area contributed by atoms with Crippen LogP contribution in [0.15, 0.2) is 24.3 Å². The Morgan fingerprint density at radius 1 is 1.43 bits per heavy atom. The van der Waals surface area contributed by atoms with Crippen molar-refractivity contribution in [3.05, 3.63) is 35.6 Å². The monoisotopic (exact) mass is 232 g/mol. The first kappa shape index (κ1) is 11.9. The zero-order valence-electron chi connectivity index (χ0n) is 8.03. The second-order valence-electron chi connectivity index (χ2n) is 2.67. The summed E-state index contributed by atoms with van der Waals surface area (Å²) >= 11 is 3.13. The van der Waals surface area contributed by atoms with Crippen molar-refractivity contribution in [3.8, 4) is 0 Å². The van der Waals surface area contributed by atoms with Gasteiger partial charge >= 0.3 is 0 Å². The maximum absolute atomic E-state index is 12.8. The van der Waals surface area contributed by atoms with Crippen LogP contribution in [0.5, 0.6) is 0 Å². The van der Waals surface area contributed by atoms with E-state index in [0.29, 0.717) is 0 Å². The van der Waals surface area contributed by atoms with E-state index < -0.39 is 0 Å². The fourth-order valence-corrected chi connectivity index (χ4v) is 2.11. The van der Waals surface area contributed by atoms with Gasteiger partial charge in [0.1, 0.15) is 5.82 Å². The highest BCUT2D eigenvalue weighted by Crippen LogP contribution is 2.13. The Labute approximate surface area is 92.6 Å². The SMILES string of the molecule is CSOCCSCc1cccc(F)c1. The van der Waals surface area contributed by atoms with Crippen molar-refractivity contribution in [2.75, 3.05) is 18.6 Å². The molecule has 0 N–H and O–H groups in total. The van der Waals surface area contributed by atoms with Crippen molar-refractivity contribution in [1.29, 1.82) is 0 Å². The smallest absolute Gasteiger partial charge is 0.123 e. The van der Waals surface area contributed by atoms with Crippen LogP contribution in [0.1, 0.15) is 5.56 Å². The lowest BCUT2D eigenvalue weighted by molar-refractivity contribution is 0.408. The first-order valence-corrected chi connectivity index (χ1v) is 6.61. The average Bonchev–Trinajstić information content (AvgIpc) is 2.18. The number of hydrogen-bond donors (Lipinski definition) is 0. The zero-order chi connectivity index (χ0) is 10.2. The first-order valence-electron chi connectivity index (χ1n) is 4.30. The Bertz CT molecular complexity index is 268. The molecule has 0 spiro atoms. The van der Waals surface area contributed by atoms with E-state index in [1.165, 1.54) is 18.1 Å². The normalized spacial score (nSPS) is 10.4. The molecule has 0 radical (unpaired) electrons. The Balaban J connectivity index is 2.18. The molecule has 4 heteroatoms. The zero-order valence-corrected chi connectivity index (χ0v) is 9.67. The van der Waals surface area contributed by atoms with Gasteiger partial charge in [0.2, 0.25) is 0 Å². The molecule has 0 amide bonds. The van der Waals surface area contributed by atoms with E-state index in [4.69, 9.17) is 4.18 Å². The van der Waals surface area contributed by atoms with Crippen molar-refractivity contribution in [3.63, 3.8) is 0 Å². The van der Waals surface area contributed by atoms with Gasteiger partial charge in [-0.2, -0.15) is 11.8 Å². The van der Waals surface area contributed by atoms with Gasteiger partial charge in [-0.25, -0.2) is 4.39 Å². The van der Waals surface area contributed by atoms with Crippen molar-refractivity contribution < 1.29 is 8.57 Å². The van der Waals surface area contributed by atoms with Crippen LogP contribution in [-0.2, 0) is 9.94 Å². The minimum absolute atomic E-state index is 0.163. The van der Waals surface area contributed by atoms with Crippen LogP contribution in [0.2, 0.25) is 0 Å². The molecule has 0 heterocycles. The van der Waals surface area contributed by atoms with Gasteiger partial charge in [-0.15, -0.1) is 0 Å². The summed E-state index contributed by atoms with van der Waals surface area (Å²) < 4.78 is 17.9. The van der Waals surface area contributed by atoms with E-state index in [9.17, 15) is 4.39 Å². The summed E-state index contributed by atoms with van der Waals surface area (Å²) in [4.78, 5) is 0. The van der Waals surface area contributed by atoms with Crippen molar-refractivity contribution in [2.24, 2.45) is 0 Å². The van der Waals surface area contributed by atoms with Crippen molar-refractivity contribution in [2.45, 2.75) is 5.75 Å². The third-order valence-electron chi connectivity index (χ3n) is 1.59. The van der Waals surface area contributed by atoms with E-state index in [2.05, 4.69) is 0 Å². The van der Waals surface area contributed by atoms with E-state index in [1.807, 2.05) is 12.3 Å². The molecule has 0 unspecified atom stereocenters. The highest BCUT2D eigenvalue weighted by molar-refractivity contribution is 7.98. The molecular weight excluding hydrogens is 219 g/mol. The quantitative estimate of drug-likeness (QED) is 0.550. The summed E-state index contributed by atoms with van der Waals surface area (Å²) in [6.45, 7) is 0.737. The summed E-state index contributed by atoms with van der Waals surface area (Å²) in [6.07, 6.45) is 1.90. The molecule has 0 bridgehead atoms. The molecule has 0 fully saturated rings. The number of benzene rings is 1. The minimum Gasteiger partial charge on any atom is -0.315 e. The Hall–Kier alpha value is -0.190. The molecule has 1 nitrogen and oxygen atoms in total. The largest absolute Gasteiger partial charge is 0.315 e. The molecule has 0 aromatic heterocycles. The van der Waals surface area contributed by atoms with Gasteiger partial charge in [0.05, 0.1) is 6.61 Å². The number of thioether (sulfide) groups is 1. The molecule has 0 aliphatic carbocycles. The highest BCUT2D eigenvalue weighted by Gasteiger charge is 1.95. The van der Waals surface area contributed by atoms with E-state index in [1.54, 1.807) is 23.9 Å². The van der Waals surface area contributed by atoms with Crippen LogP contribution in [0.3, 0.4) is 0 Å². The maximum Gasteiger partial charge on any atom is 0.123 e. The van der Waals surface area contributed by atoms with E-state index >= 15 is 0 Å². The van der Waals surface area contributed by atoms with Gasteiger partial charge in [-0.1, -0.05) is 12.1 Å². The lowest BCUT2D eigenvalue weighted by Crippen LogP contribution is -1.91. The molecule has 0 atom stereocenters. The molecule has 0 aliphatic heterocycles. The van der Waals surface area contributed by atoms with Crippen molar-refractivity contribution in [1.82, 2.24) is 0 Å².